The monoisotopic (exact) mass is 478 g/mol. The zero-order chi connectivity index (χ0) is 24.4. The molecule has 9 heteroatoms. The van der Waals surface area contributed by atoms with Gasteiger partial charge in [-0.25, -0.2) is 8.42 Å². The van der Waals surface area contributed by atoms with Crippen molar-refractivity contribution in [1.29, 1.82) is 0 Å². The lowest BCUT2D eigenvalue weighted by atomic mass is 10.3. The minimum absolute atomic E-state index is 0.0329. The molecule has 2 aromatic carbocycles. The number of sulfone groups is 1. The lowest BCUT2D eigenvalue weighted by Crippen LogP contribution is -2.11. The van der Waals surface area contributed by atoms with Crippen molar-refractivity contribution < 1.29 is 36.8 Å². The molecule has 0 aliphatic rings. The molecule has 180 valence electrons. The van der Waals surface area contributed by atoms with E-state index in [2.05, 4.69) is 13.2 Å². The molecule has 2 rings (SSSR count). The van der Waals surface area contributed by atoms with E-state index in [9.17, 15) is 8.42 Å². The van der Waals surface area contributed by atoms with Crippen LogP contribution in [0.1, 0.15) is 27.7 Å². The second kappa shape index (κ2) is 12.1. The lowest BCUT2D eigenvalue weighted by Gasteiger charge is -2.20. The Kier molecular flexibility index (Phi) is 9.47. The second-order valence-electron chi connectivity index (χ2n) is 6.24. The van der Waals surface area contributed by atoms with Gasteiger partial charge in [-0.1, -0.05) is 13.2 Å². The summed E-state index contributed by atoms with van der Waals surface area (Å²) in [4.78, 5) is -0.213. The third-order valence-electron chi connectivity index (χ3n) is 4.23. The average Bonchev–Trinajstić information content (AvgIpc) is 2.78. The predicted octanol–water partition coefficient (Wildman–Crippen LogP) is 5.16. The van der Waals surface area contributed by atoms with Crippen LogP contribution in [0.25, 0.3) is 0 Å². The van der Waals surface area contributed by atoms with E-state index < -0.39 is 9.84 Å². The van der Waals surface area contributed by atoms with Crippen molar-refractivity contribution in [2.75, 3.05) is 26.4 Å². The first kappa shape index (κ1) is 25.9. The Balaban J connectivity index is 2.85. The van der Waals surface area contributed by atoms with Gasteiger partial charge in [0.2, 0.25) is 21.3 Å². The maximum Gasteiger partial charge on any atom is 0.214 e. The zero-order valence-corrected chi connectivity index (χ0v) is 20.2. The standard InChI is InChI=1S/C24H30O8S/c1-7-27-17-13-15-19(23(31-11-5)21(17)29-9-3)33(25,26)20-16-14-18(28-8-2)22(30-10-4)24(20)32-12-6/h7-8,13-16H,1-2,9-12H2,3-6H3. The summed E-state index contributed by atoms with van der Waals surface area (Å²) in [5.74, 6) is 0.953. The molecule has 0 aliphatic carbocycles. The van der Waals surface area contributed by atoms with E-state index in [0.717, 1.165) is 0 Å². The second-order valence-corrected chi connectivity index (χ2v) is 8.13. The summed E-state index contributed by atoms with van der Waals surface area (Å²) in [5.41, 5.74) is 0. The molecule has 0 spiro atoms. The molecule has 0 fully saturated rings. The maximum absolute atomic E-state index is 13.9. The number of benzene rings is 2. The van der Waals surface area contributed by atoms with E-state index >= 15 is 0 Å². The molecule has 0 radical (unpaired) electrons. The van der Waals surface area contributed by atoms with Crippen LogP contribution in [0.2, 0.25) is 0 Å². The van der Waals surface area contributed by atoms with Crippen LogP contribution >= 0.6 is 0 Å². The van der Waals surface area contributed by atoms with E-state index in [1.807, 2.05) is 0 Å². The minimum atomic E-state index is -4.16. The normalized spacial score (nSPS) is 10.8. The van der Waals surface area contributed by atoms with Crippen LogP contribution in [0.3, 0.4) is 0 Å². The van der Waals surface area contributed by atoms with Gasteiger partial charge in [-0.05, 0) is 52.0 Å². The quantitative estimate of drug-likeness (QED) is 0.344. The van der Waals surface area contributed by atoms with Crippen LogP contribution in [-0.4, -0.2) is 34.8 Å². The molecule has 0 unspecified atom stereocenters. The molecule has 2 aromatic rings. The highest BCUT2D eigenvalue weighted by Crippen LogP contribution is 2.48. The highest BCUT2D eigenvalue weighted by molar-refractivity contribution is 7.91. The summed E-state index contributed by atoms with van der Waals surface area (Å²) in [6.07, 6.45) is 2.45. The summed E-state index contributed by atoms with van der Waals surface area (Å²) in [6, 6.07) is 5.76. The first-order valence-electron chi connectivity index (χ1n) is 10.6. The topological polar surface area (TPSA) is 89.5 Å². The molecule has 0 N–H and O–H groups in total. The number of ether oxygens (including phenoxy) is 6. The van der Waals surface area contributed by atoms with E-state index in [4.69, 9.17) is 28.4 Å². The summed E-state index contributed by atoms with van der Waals surface area (Å²) < 4.78 is 61.4. The van der Waals surface area contributed by atoms with Gasteiger partial charge >= 0.3 is 0 Å². The van der Waals surface area contributed by atoms with Crippen molar-refractivity contribution in [3.8, 4) is 34.5 Å². The Morgan fingerprint density at radius 3 is 1.27 bits per heavy atom. The molecule has 0 heterocycles. The highest BCUT2D eigenvalue weighted by atomic mass is 32.2. The molecule has 0 aromatic heterocycles. The molecule has 33 heavy (non-hydrogen) atoms. The molecular formula is C24H30O8S. The largest absolute Gasteiger partial charge is 0.489 e. The fraction of sp³-hybridized carbons (Fsp3) is 0.333. The van der Waals surface area contributed by atoms with E-state index in [1.165, 1.54) is 36.8 Å². The average molecular weight is 479 g/mol. The molecule has 0 saturated heterocycles. The van der Waals surface area contributed by atoms with Gasteiger partial charge in [0.1, 0.15) is 9.79 Å². The van der Waals surface area contributed by atoms with Crippen molar-refractivity contribution in [2.24, 2.45) is 0 Å². The molecule has 8 nitrogen and oxygen atoms in total. The number of hydrogen-bond acceptors (Lipinski definition) is 8. The van der Waals surface area contributed by atoms with Crippen LogP contribution in [0.5, 0.6) is 34.5 Å². The lowest BCUT2D eigenvalue weighted by molar-refractivity contribution is 0.269. The minimum Gasteiger partial charge on any atom is -0.489 e. The Morgan fingerprint density at radius 2 is 0.970 bits per heavy atom. The third kappa shape index (κ3) is 5.54. The zero-order valence-electron chi connectivity index (χ0n) is 19.4. The van der Waals surface area contributed by atoms with Crippen LogP contribution in [-0.2, 0) is 9.84 Å². The van der Waals surface area contributed by atoms with Crippen molar-refractivity contribution in [3.05, 3.63) is 49.9 Å². The Morgan fingerprint density at radius 1 is 0.636 bits per heavy atom. The fourth-order valence-corrected chi connectivity index (χ4v) is 4.61. The van der Waals surface area contributed by atoms with E-state index in [-0.39, 0.29) is 70.7 Å². The first-order chi connectivity index (χ1) is 15.9. The molecule has 0 saturated carbocycles. The predicted molar refractivity (Wildman–Crippen MR) is 125 cm³/mol. The van der Waals surface area contributed by atoms with E-state index in [1.54, 1.807) is 27.7 Å². The van der Waals surface area contributed by atoms with Gasteiger partial charge in [-0.2, -0.15) is 0 Å². The molecule has 0 atom stereocenters. The van der Waals surface area contributed by atoms with Crippen molar-refractivity contribution in [2.45, 2.75) is 37.5 Å². The van der Waals surface area contributed by atoms with Gasteiger partial charge in [-0.3, -0.25) is 0 Å². The molecular weight excluding hydrogens is 448 g/mol. The smallest absolute Gasteiger partial charge is 0.214 e. The van der Waals surface area contributed by atoms with E-state index in [0.29, 0.717) is 0 Å². The fourth-order valence-electron chi connectivity index (χ4n) is 3.08. The molecule has 0 amide bonds. The van der Waals surface area contributed by atoms with Gasteiger partial charge in [0, 0.05) is 0 Å². The SMILES string of the molecule is C=COc1ccc(S(=O)(=O)c2ccc(OC=C)c(OCC)c2OCC)c(OCC)c1OCC. The summed E-state index contributed by atoms with van der Waals surface area (Å²) in [7, 11) is -4.16. The van der Waals surface area contributed by atoms with Crippen molar-refractivity contribution >= 4 is 9.84 Å². The molecule has 0 aliphatic heterocycles. The van der Waals surface area contributed by atoms with Gasteiger partial charge in [0.15, 0.2) is 23.0 Å². The van der Waals surface area contributed by atoms with Gasteiger partial charge < -0.3 is 28.4 Å². The number of hydrogen-bond donors (Lipinski definition) is 0. The van der Waals surface area contributed by atoms with Crippen LogP contribution in [0, 0.1) is 0 Å². The maximum atomic E-state index is 13.9. The van der Waals surface area contributed by atoms with Crippen LogP contribution in [0.15, 0.2) is 59.7 Å². The van der Waals surface area contributed by atoms with Crippen molar-refractivity contribution in [1.82, 2.24) is 0 Å². The third-order valence-corrected chi connectivity index (χ3v) is 6.04. The van der Waals surface area contributed by atoms with Crippen LogP contribution < -0.4 is 28.4 Å². The van der Waals surface area contributed by atoms with Gasteiger partial charge in [0.25, 0.3) is 0 Å². The number of rotatable bonds is 14. The Hall–Kier alpha value is -3.33. The summed E-state index contributed by atoms with van der Waals surface area (Å²) >= 11 is 0. The first-order valence-corrected chi connectivity index (χ1v) is 12.0. The van der Waals surface area contributed by atoms with Gasteiger partial charge in [0.05, 0.1) is 39.0 Å². The van der Waals surface area contributed by atoms with Gasteiger partial charge in [-0.15, -0.1) is 0 Å². The van der Waals surface area contributed by atoms with Crippen molar-refractivity contribution in [3.63, 3.8) is 0 Å². The Bertz CT molecular complexity index is 997. The Labute approximate surface area is 195 Å². The van der Waals surface area contributed by atoms with Crippen LogP contribution in [0.4, 0.5) is 0 Å². The summed E-state index contributed by atoms with van der Waals surface area (Å²) in [6.45, 7) is 15.1. The summed E-state index contributed by atoms with van der Waals surface area (Å²) in [5, 5.41) is 0. The highest BCUT2D eigenvalue weighted by Gasteiger charge is 2.32. The molecule has 0 bridgehead atoms.